The Morgan fingerprint density at radius 3 is 2.64 bits per heavy atom. The lowest BCUT2D eigenvalue weighted by Gasteiger charge is -2.32. The van der Waals surface area contributed by atoms with Crippen molar-refractivity contribution >= 4 is 11.7 Å². The number of ketones is 1. The molecule has 1 N–H and O–H groups in total. The fraction of sp³-hybridized carbons (Fsp3) is 0.619. The SMILES string of the molecule is CCNCC1CCN(C(=O)CCC(=O)c2ccc3c(c2)CCC3)CC1. The molecule has 0 unspecified atom stereocenters. The number of Topliss-reactive ketones (excluding diaryl/α,β-unsaturated/α-hetero) is 1. The van der Waals surface area contributed by atoms with Crippen molar-refractivity contribution in [1.29, 1.82) is 0 Å². The van der Waals surface area contributed by atoms with Gasteiger partial charge in [-0.3, -0.25) is 9.59 Å². The van der Waals surface area contributed by atoms with Gasteiger partial charge >= 0.3 is 0 Å². The van der Waals surface area contributed by atoms with E-state index < -0.39 is 0 Å². The molecule has 0 bridgehead atoms. The number of carbonyl (C=O) groups excluding carboxylic acids is 2. The normalized spacial score (nSPS) is 17.6. The van der Waals surface area contributed by atoms with Gasteiger partial charge in [-0.1, -0.05) is 19.1 Å². The maximum absolute atomic E-state index is 12.4. The minimum atomic E-state index is 0.102. The van der Waals surface area contributed by atoms with Gasteiger partial charge in [-0.15, -0.1) is 0 Å². The van der Waals surface area contributed by atoms with E-state index in [1.165, 1.54) is 17.5 Å². The van der Waals surface area contributed by atoms with E-state index in [0.717, 1.165) is 57.4 Å². The summed E-state index contributed by atoms with van der Waals surface area (Å²) < 4.78 is 0. The number of hydrogen-bond acceptors (Lipinski definition) is 3. The first-order valence-electron chi connectivity index (χ1n) is 9.81. The van der Waals surface area contributed by atoms with Gasteiger partial charge in [0.05, 0.1) is 0 Å². The molecule has 0 aromatic heterocycles. The van der Waals surface area contributed by atoms with Crippen LogP contribution in [0.1, 0.15) is 60.5 Å². The van der Waals surface area contributed by atoms with Crippen LogP contribution in [0.4, 0.5) is 0 Å². The zero-order valence-electron chi connectivity index (χ0n) is 15.4. The van der Waals surface area contributed by atoms with Gasteiger partial charge in [0.2, 0.25) is 5.91 Å². The van der Waals surface area contributed by atoms with E-state index in [4.69, 9.17) is 0 Å². The van der Waals surface area contributed by atoms with Gasteiger partial charge in [-0.2, -0.15) is 0 Å². The second-order valence-electron chi connectivity index (χ2n) is 7.39. The molecule has 0 saturated carbocycles. The Kier molecular flexibility index (Phi) is 6.24. The first-order valence-corrected chi connectivity index (χ1v) is 9.81. The Morgan fingerprint density at radius 2 is 1.88 bits per heavy atom. The van der Waals surface area contributed by atoms with Crippen molar-refractivity contribution in [2.24, 2.45) is 5.92 Å². The number of fused-ring (bicyclic) bond motifs is 1. The summed E-state index contributed by atoms with van der Waals surface area (Å²) in [6.45, 7) is 5.85. The molecule has 1 aliphatic heterocycles. The van der Waals surface area contributed by atoms with Crippen LogP contribution in [0.15, 0.2) is 18.2 Å². The second kappa shape index (κ2) is 8.61. The lowest BCUT2D eigenvalue weighted by Crippen LogP contribution is -2.40. The zero-order chi connectivity index (χ0) is 17.6. The van der Waals surface area contributed by atoms with E-state index in [1.807, 2.05) is 17.0 Å². The quantitative estimate of drug-likeness (QED) is 0.775. The first-order chi connectivity index (χ1) is 12.2. The molecule has 0 atom stereocenters. The highest BCUT2D eigenvalue weighted by Gasteiger charge is 2.23. The minimum Gasteiger partial charge on any atom is -0.343 e. The van der Waals surface area contributed by atoms with Crippen molar-refractivity contribution in [3.05, 3.63) is 34.9 Å². The van der Waals surface area contributed by atoms with E-state index in [0.29, 0.717) is 18.8 Å². The number of likely N-dealkylation sites (tertiary alicyclic amines) is 1. The Morgan fingerprint density at radius 1 is 1.12 bits per heavy atom. The Hall–Kier alpha value is -1.68. The van der Waals surface area contributed by atoms with Crippen LogP contribution in [0.3, 0.4) is 0 Å². The Balaban J connectivity index is 1.44. The van der Waals surface area contributed by atoms with Crippen LogP contribution in [0.2, 0.25) is 0 Å². The molecular weight excluding hydrogens is 312 g/mol. The molecule has 1 fully saturated rings. The highest BCUT2D eigenvalue weighted by atomic mass is 16.2. The number of nitrogens with zero attached hydrogens (tertiary/aromatic N) is 1. The number of amides is 1. The third-order valence-corrected chi connectivity index (χ3v) is 5.64. The summed E-state index contributed by atoms with van der Waals surface area (Å²) in [5.74, 6) is 0.915. The number of hydrogen-bond donors (Lipinski definition) is 1. The van der Waals surface area contributed by atoms with E-state index >= 15 is 0 Å². The third-order valence-electron chi connectivity index (χ3n) is 5.64. The maximum Gasteiger partial charge on any atom is 0.223 e. The predicted molar refractivity (Wildman–Crippen MR) is 99.9 cm³/mol. The van der Waals surface area contributed by atoms with Crippen LogP contribution in [-0.4, -0.2) is 42.8 Å². The number of carbonyl (C=O) groups is 2. The maximum atomic E-state index is 12.4. The molecule has 25 heavy (non-hydrogen) atoms. The number of piperidine rings is 1. The fourth-order valence-electron chi connectivity index (χ4n) is 4.00. The van der Waals surface area contributed by atoms with Gasteiger partial charge < -0.3 is 10.2 Å². The molecule has 4 heteroatoms. The molecule has 4 nitrogen and oxygen atoms in total. The molecule has 1 aromatic rings. The molecule has 136 valence electrons. The fourth-order valence-corrected chi connectivity index (χ4v) is 4.00. The largest absolute Gasteiger partial charge is 0.343 e. The Labute approximate surface area is 151 Å². The van der Waals surface area contributed by atoms with Gasteiger partial charge in [0.25, 0.3) is 0 Å². The summed E-state index contributed by atoms with van der Waals surface area (Å²) in [6, 6.07) is 6.07. The molecule has 1 aliphatic carbocycles. The van der Waals surface area contributed by atoms with Crippen LogP contribution >= 0.6 is 0 Å². The second-order valence-corrected chi connectivity index (χ2v) is 7.39. The number of aryl methyl sites for hydroxylation is 2. The van der Waals surface area contributed by atoms with Crippen LogP contribution < -0.4 is 5.32 Å². The molecular formula is C21H30N2O2. The van der Waals surface area contributed by atoms with Gasteiger partial charge in [-0.05, 0) is 68.3 Å². The average molecular weight is 342 g/mol. The topological polar surface area (TPSA) is 49.4 Å². The van der Waals surface area contributed by atoms with E-state index in [-0.39, 0.29) is 11.7 Å². The molecule has 1 saturated heterocycles. The molecule has 1 heterocycles. The van der Waals surface area contributed by atoms with E-state index in [1.54, 1.807) is 0 Å². The predicted octanol–water partition coefficient (Wildman–Crippen LogP) is 2.99. The van der Waals surface area contributed by atoms with Crippen molar-refractivity contribution < 1.29 is 9.59 Å². The summed E-state index contributed by atoms with van der Waals surface area (Å²) >= 11 is 0. The highest BCUT2D eigenvalue weighted by molar-refractivity contribution is 5.98. The molecule has 3 rings (SSSR count). The van der Waals surface area contributed by atoms with Crippen molar-refractivity contribution in [2.45, 2.75) is 51.9 Å². The van der Waals surface area contributed by atoms with E-state index in [2.05, 4.69) is 18.3 Å². The first kappa shape index (κ1) is 18.1. The van der Waals surface area contributed by atoms with Gasteiger partial charge in [0.15, 0.2) is 5.78 Å². The lowest BCUT2D eigenvalue weighted by atomic mass is 9.96. The number of benzene rings is 1. The van der Waals surface area contributed by atoms with Crippen molar-refractivity contribution in [3.8, 4) is 0 Å². The lowest BCUT2D eigenvalue weighted by molar-refractivity contribution is -0.132. The van der Waals surface area contributed by atoms with Crippen LogP contribution in [0, 0.1) is 5.92 Å². The number of rotatable bonds is 7. The molecule has 0 spiro atoms. The van der Waals surface area contributed by atoms with Crippen LogP contribution in [0.25, 0.3) is 0 Å². The monoisotopic (exact) mass is 342 g/mol. The van der Waals surface area contributed by atoms with Crippen molar-refractivity contribution in [3.63, 3.8) is 0 Å². The summed E-state index contributed by atoms with van der Waals surface area (Å²) in [6.07, 6.45) is 6.20. The van der Waals surface area contributed by atoms with Gasteiger partial charge in [0, 0.05) is 31.5 Å². The molecule has 0 radical (unpaired) electrons. The van der Waals surface area contributed by atoms with Crippen LogP contribution in [0.5, 0.6) is 0 Å². The minimum absolute atomic E-state index is 0.102. The molecule has 1 aromatic carbocycles. The summed E-state index contributed by atoms with van der Waals surface area (Å²) in [7, 11) is 0. The molecule has 1 amide bonds. The van der Waals surface area contributed by atoms with Crippen molar-refractivity contribution in [2.75, 3.05) is 26.2 Å². The zero-order valence-corrected chi connectivity index (χ0v) is 15.4. The highest BCUT2D eigenvalue weighted by Crippen LogP contribution is 2.24. The average Bonchev–Trinajstić information content (AvgIpc) is 3.12. The van der Waals surface area contributed by atoms with Gasteiger partial charge in [-0.25, -0.2) is 0 Å². The summed E-state index contributed by atoms with van der Waals surface area (Å²) in [5, 5.41) is 3.39. The van der Waals surface area contributed by atoms with Gasteiger partial charge in [0.1, 0.15) is 0 Å². The smallest absolute Gasteiger partial charge is 0.223 e. The molecule has 2 aliphatic rings. The number of nitrogens with one attached hydrogen (secondary N) is 1. The third kappa shape index (κ3) is 4.69. The van der Waals surface area contributed by atoms with Crippen LogP contribution in [-0.2, 0) is 17.6 Å². The standard InChI is InChI=1S/C21H30N2O2/c1-2-22-15-16-10-12-23(13-11-16)21(25)9-8-20(24)19-7-6-17-4-3-5-18(17)14-19/h6-7,14,16,22H,2-5,8-13,15H2,1H3. The Bertz CT molecular complexity index is 618. The summed E-state index contributed by atoms with van der Waals surface area (Å²) in [4.78, 5) is 26.8. The summed E-state index contributed by atoms with van der Waals surface area (Å²) in [5.41, 5.74) is 3.48. The van der Waals surface area contributed by atoms with E-state index in [9.17, 15) is 9.59 Å². The van der Waals surface area contributed by atoms with Crippen molar-refractivity contribution in [1.82, 2.24) is 10.2 Å².